The van der Waals surface area contributed by atoms with Crippen LogP contribution in [0.1, 0.15) is 19.3 Å². The number of rotatable bonds is 4. The largest absolute Gasteiger partial charge is 0.497 e. The van der Waals surface area contributed by atoms with Gasteiger partial charge in [-0.3, -0.25) is 4.79 Å². The summed E-state index contributed by atoms with van der Waals surface area (Å²) in [7, 11) is 3.22. The molecule has 1 aliphatic heterocycles. The van der Waals surface area contributed by atoms with Gasteiger partial charge in [0.2, 0.25) is 5.91 Å². The molecule has 5 nitrogen and oxygen atoms in total. The molecule has 0 aromatic heterocycles. The normalized spacial score (nSPS) is 19.3. The molecule has 5 heteroatoms. The second-order valence-corrected chi connectivity index (χ2v) is 4.59. The molecule has 1 atom stereocenters. The van der Waals surface area contributed by atoms with Gasteiger partial charge in [-0.1, -0.05) is 0 Å². The van der Waals surface area contributed by atoms with Gasteiger partial charge < -0.3 is 20.1 Å². The van der Waals surface area contributed by atoms with Crippen molar-refractivity contribution in [2.45, 2.75) is 25.3 Å². The van der Waals surface area contributed by atoms with Gasteiger partial charge in [0.05, 0.1) is 14.2 Å². The Bertz CT molecular complexity index is 426. The summed E-state index contributed by atoms with van der Waals surface area (Å²) in [5.74, 6) is 1.46. The molecule has 0 saturated carbocycles. The van der Waals surface area contributed by atoms with E-state index in [1.54, 1.807) is 20.3 Å². The third kappa shape index (κ3) is 3.53. The van der Waals surface area contributed by atoms with Gasteiger partial charge in [-0.15, -0.1) is 0 Å². The van der Waals surface area contributed by atoms with Gasteiger partial charge in [-0.05, 0) is 19.3 Å². The Morgan fingerprint density at radius 2 is 1.84 bits per heavy atom. The van der Waals surface area contributed by atoms with Crippen LogP contribution < -0.4 is 20.1 Å². The minimum absolute atomic E-state index is 0.0549. The predicted octanol–water partition coefficient (Wildman–Crippen LogP) is 1.78. The molecule has 0 radical (unpaired) electrons. The van der Waals surface area contributed by atoms with Crippen molar-refractivity contribution in [3.63, 3.8) is 0 Å². The first kappa shape index (κ1) is 13.5. The van der Waals surface area contributed by atoms with E-state index in [0.29, 0.717) is 11.5 Å². The van der Waals surface area contributed by atoms with Crippen LogP contribution in [-0.2, 0) is 4.79 Å². The van der Waals surface area contributed by atoms with Crippen LogP contribution in [0.4, 0.5) is 5.69 Å². The number of carbonyl (C=O) groups excluding carboxylic acids is 1. The maximum atomic E-state index is 11.9. The maximum Gasteiger partial charge on any atom is 0.242 e. The molecule has 1 aromatic carbocycles. The number of benzene rings is 1. The fourth-order valence-electron chi connectivity index (χ4n) is 2.17. The highest BCUT2D eigenvalue weighted by atomic mass is 16.5. The summed E-state index contributed by atoms with van der Waals surface area (Å²) in [5.41, 5.74) is 0.832. The van der Waals surface area contributed by atoms with Crippen molar-refractivity contribution < 1.29 is 14.3 Å². The van der Waals surface area contributed by atoms with Crippen molar-refractivity contribution in [1.82, 2.24) is 5.32 Å². The van der Waals surface area contributed by atoms with Gasteiger partial charge >= 0.3 is 0 Å². The van der Waals surface area contributed by atoms with Crippen molar-refractivity contribution in [1.29, 1.82) is 0 Å². The Morgan fingerprint density at radius 3 is 2.47 bits per heavy atom. The van der Waals surface area contributed by atoms with Crippen LogP contribution in [-0.4, -0.2) is 32.7 Å². The third-order valence-corrected chi connectivity index (χ3v) is 3.23. The topological polar surface area (TPSA) is 59.6 Å². The average Bonchev–Trinajstić information content (AvgIpc) is 2.63. The quantitative estimate of drug-likeness (QED) is 0.870. The summed E-state index contributed by atoms with van der Waals surface area (Å²) >= 11 is 0. The Morgan fingerprint density at radius 1 is 1.16 bits per heavy atom. The SMILES string of the molecule is COc1cc(NC2CCCCNC2=O)cc(OC)c1. The van der Waals surface area contributed by atoms with Crippen LogP contribution in [0, 0.1) is 0 Å². The zero-order valence-corrected chi connectivity index (χ0v) is 11.4. The van der Waals surface area contributed by atoms with Gasteiger partial charge in [0.15, 0.2) is 0 Å². The summed E-state index contributed by atoms with van der Waals surface area (Å²) < 4.78 is 10.4. The van der Waals surface area contributed by atoms with E-state index in [-0.39, 0.29) is 11.9 Å². The fraction of sp³-hybridized carbons (Fsp3) is 0.500. The van der Waals surface area contributed by atoms with E-state index in [1.807, 2.05) is 12.1 Å². The number of ether oxygens (including phenoxy) is 2. The van der Waals surface area contributed by atoms with Crippen molar-refractivity contribution in [3.05, 3.63) is 18.2 Å². The molecule has 0 spiro atoms. The number of hydrogen-bond donors (Lipinski definition) is 2. The molecule has 0 aliphatic carbocycles. The lowest BCUT2D eigenvalue weighted by molar-refractivity contribution is -0.121. The summed E-state index contributed by atoms with van der Waals surface area (Å²) in [6.45, 7) is 0.762. The van der Waals surface area contributed by atoms with E-state index in [4.69, 9.17) is 9.47 Å². The first-order valence-electron chi connectivity index (χ1n) is 6.50. The second kappa shape index (κ2) is 6.31. The van der Waals surface area contributed by atoms with Gasteiger partial charge in [-0.25, -0.2) is 0 Å². The van der Waals surface area contributed by atoms with Gasteiger partial charge in [0, 0.05) is 30.4 Å². The van der Waals surface area contributed by atoms with Crippen molar-refractivity contribution in [3.8, 4) is 11.5 Å². The maximum absolute atomic E-state index is 11.9. The molecular weight excluding hydrogens is 244 g/mol. The summed E-state index contributed by atoms with van der Waals surface area (Å²) in [4.78, 5) is 11.9. The molecule has 19 heavy (non-hydrogen) atoms. The van der Waals surface area contributed by atoms with E-state index >= 15 is 0 Å². The average molecular weight is 264 g/mol. The number of anilines is 1. The summed E-state index contributed by atoms with van der Waals surface area (Å²) in [6, 6.07) is 5.33. The number of methoxy groups -OCH3 is 2. The molecular formula is C14H20N2O3. The van der Waals surface area contributed by atoms with E-state index in [1.165, 1.54) is 0 Å². The molecule has 1 amide bonds. The first-order valence-corrected chi connectivity index (χ1v) is 6.50. The highest BCUT2D eigenvalue weighted by molar-refractivity contribution is 5.85. The molecule has 1 heterocycles. The monoisotopic (exact) mass is 264 g/mol. The summed E-state index contributed by atoms with van der Waals surface area (Å²) in [5, 5.41) is 6.16. The molecule has 1 aromatic rings. The van der Waals surface area contributed by atoms with Crippen molar-refractivity contribution >= 4 is 11.6 Å². The third-order valence-electron chi connectivity index (χ3n) is 3.23. The predicted molar refractivity (Wildman–Crippen MR) is 73.8 cm³/mol. The molecule has 1 aliphatic rings. The smallest absolute Gasteiger partial charge is 0.242 e. The molecule has 1 fully saturated rings. The zero-order valence-electron chi connectivity index (χ0n) is 11.4. The molecule has 1 saturated heterocycles. The lowest BCUT2D eigenvalue weighted by Gasteiger charge is -2.17. The number of carbonyl (C=O) groups is 1. The van der Waals surface area contributed by atoms with Crippen LogP contribution in [0.25, 0.3) is 0 Å². The van der Waals surface area contributed by atoms with E-state index < -0.39 is 0 Å². The fourth-order valence-corrected chi connectivity index (χ4v) is 2.17. The minimum Gasteiger partial charge on any atom is -0.497 e. The lowest BCUT2D eigenvalue weighted by atomic mass is 10.1. The minimum atomic E-state index is -0.195. The Balaban J connectivity index is 2.14. The standard InChI is InChI=1S/C14H20N2O3/c1-18-11-7-10(8-12(9-11)19-2)16-13-5-3-4-6-15-14(13)17/h7-9,13,16H,3-6H2,1-2H3,(H,15,17). The zero-order chi connectivity index (χ0) is 13.7. The van der Waals surface area contributed by atoms with Crippen molar-refractivity contribution in [2.24, 2.45) is 0 Å². The van der Waals surface area contributed by atoms with Crippen LogP contribution in [0.3, 0.4) is 0 Å². The molecule has 2 N–H and O–H groups in total. The molecule has 0 bridgehead atoms. The van der Waals surface area contributed by atoms with Crippen LogP contribution in [0.5, 0.6) is 11.5 Å². The lowest BCUT2D eigenvalue weighted by Crippen LogP contribution is -2.37. The van der Waals surface area contributed by atoms with Crippen LogP contribution in [0.15, 0.2) is 18.2 Å². The Kier molecular flexibility index (Phi) is 4.49. The van der Waals surface area contributed by atoms with Gasteiger partial charge in [-0.2, -0.15) is 0 Å². The highest BCUT2D eigenvalue weighted by Gasteiger charge is 2.20. The van der Waals surface area contributed by atoms with E-state index in [0.717, 1.165) is 31.5 Å². The number of nitrogens with one attached hydrogen (secondary N) is 2. The first-order chi connectivity index (χ1) is 9.22. The summed E-state index contributed by atoms with van der Waals surface area (Å²) in [6.07, 6.45) is 2.91. The van der Waals surface area contributed by atoms with Crippen molar-refractivity contribution in [2.75, 3.05) is 26.1 Å². The second-order valence-electron chi connectivity index (χ2n) is 4.59. The Labute approximate surface area is 113 Å². The molecule has 2 rings (SSSR count). The van der Waals surface area contributed by atoms with Gasteiger partial charge in [0.25, 0.3) is 0 Å². The number of hydrogen-bond acceptors (Lipinski definition) is 4. The van der Waals surface area contributed by atoms with Crippen LogP contribution >= 0.6 is 0 Å². The van der Waals surface area contributed by atoms with E-state index in [2.05, 4.69) is 10.6 Å². The van der Waals surface area contributed by atoms with Gasteiger partial charge in [0.1, 0.15) is 17.5 Å². The van der Waals surface area contributed by atoms with Crippen LogP contribution in [0.2, 0.25) is 0 Å². The molecule has 1 unspecified atom stereocenters. The molecule has 104 valence electrons. The number of amides is 1. The highest BCUT2D eigenvalue weighted by Crippen LogP contribution is 2.26. The van der Waals surface area contributed by atoms with E-state index in [9.17, 15) is 4.79 Å². The Hall–Kier alpha value is -1.91.